The van der Waals surface area contributed by atoms with Crippen LogP contribution in [-0.4, -0.2) is 84.1 Å². The Morgan fingerprint density at radius 3 is 2.08 bits per heavy atom. The highest BCUT2D eigenvalue weighted by atomic mass is 16.7. The van der Waals surface area contributed by atoms with Crippen molar-refractivity contribution in [2.45, 2.75) is 30.7 Å². The fourth-order valence-electron chi connectivity index (χ4n) is 3.80. The Labute approximate surface area is 221 Å². The molecule has 0 bridgehead atoms. The van der Waals surface area contributed by atoms with Crippen LogP contribution in [0.5, 0.6) is 34.5 Å². The Hall–Kier alpha value is -4.49. The van der Waals surface area contributed by atoms with Gasteiger partial charge in [-0.05, 0) is 47.5 Å². The molecule has 12 heteroatoms. The second kappa shape index (κ2) is 11.5. The van der Waals surface area contributed by atoms with E-state index >= 15 is 0 Å². The molecule has 0 aliphatic carbocycles. The molecule has 39 heavy (non-hydrogen) atoms. The van der Waals surface area contributed by atoms with Gasteiger partial charge >= 0.3 is 5.97 Å². The summed E-state index contributed by atoms with van der Waals surface area (Å²) >= 11 is 0. The average Bonchev–Trinajstić information content (AvgIpc) is 2.90. The molecule has 0 saturated carbocycles. The van der Waals surface area contributed by atoms with Crippen LogP contribution in [0.3, 0.4) is 0 Å². The molecule has 5 unspecified atom stereocenters. The van der Waals surface area contributed by atoms with Crippen molar-refractivity contribution in [1.29, 1.82) is 0 Å². The Kier molecular flexibility index (Phi) is 8.12. The second-order valence-electron chi connectivity index (χ2n) is 8.78. The van der Waals surface area contributed by atoms with Crippen molar-refractivity contribution < 1.29 is 59.9 Å². The molecule has 0 amide bonds. The van der Waals surface area contributed by atoms with E-state index in [-0.39, 0.29) is 22.8 Å². The minimum atomic E-state index is -1.75. The zero-order valence-electron chi connectivity index (χ0n) is 20.2. The van der Waals surface area contributed by atoms with Crippen LogP contribution in [0, 0.1) is 0 Å². The van der Waals surface area contributed by atoms with Gasteiger partial charge in [-0.2, -0.15) is 0 Å². The fourth-order valence-corrected chi connectivity index (χ4v) is 3.80. The summed E-state index contributed by atoms with van der Waals surface area (Å²) in [5.41, 5.74) is 0.973. The molecule has 1 aliphatic heterocycles. The molecule has 0 radical (unpaired) electrons. The number of hydrogen-bond acceptors (Lipinski definition) is 12. The summed E-state index contributed by atoms with van der Waals surface area (Å²) < 4.78 is 16.2. The van der Waals surface area contributed by atoms with E-state index in [4.69, 9.17) is 14.2 Å². The number of carbonyl (C=O) groups is 1. The maximum absolute atomic E-state index is 12.3. The van der Waals surface area contributed by atoms with Gasteiger partial charge < -0.3 is 55.1 Å². The molecule has 1 saturated heterocycles. The molecule has 3 aromatic carbocycles. The van der Waals surface area contributed by atoms with Crippen LogP contribution < -0.4 is 4.74 Å². The van der Waals surface area contributed by atoms with Crippen LogP contribution in [-0.2, 0) is 9.47 Å². The van der Waals surface area contributed by atoms with Crippen LogP contribution in [0.2, 0.25) is 0 Å². The standard InChI is InChI=1S/C27H26O12/c28-16-5-3-13(4-6-16)1-2-14-7-17(29)11-18(8-14)38-27-25(35)24(34)23(33)21(39-27)12-37-26(36)15-9-19(30)22(32)20(31)10-15/h1-11,21,23-25,27-35H,12H2. The number of esters is 1. The fraction of sp³-hybridized carbons (Fsp3) is 0.222. The van der Waals surface area contributed by atoms with Crippen LogP contribution in [0.1, 0.15) is 21.5 Å². The number of phenols is 5. The third-order valence-corrected chi connectivity index (χ3v) is 5.88. The molecular formula is C27H26O12. The minimum Gasteiger partial charge on any atom is -0.508 e. The van der Waals surface area contributed by atoms with Gasteiger partial charge in [0.25, 0.3) is 0 Å². The van der Waals surface area contributed by atoms with Crippen LogP contribution in [0.4, 0.5) is 0 Å². The van der Waals surface area contributed by atoms with E-state index in [0.29, 0.717) is 5.56 Å². The Balaban J connectivity index is 1.45. The smallest absolute Gasteiger partial charge is 0.338 e. The normalized spacial score (nSPS) is 23.0. The van der Waals surface area contributed by atoms with Gasteiger partial charge in [-0.15, -0.1) is 0 Å². The highest BCUT2D eigenvalue weighted by molar-refractivity contribution is 5.91. The van der Waals surface area contributed by atoms with Gasteiger partial charge in [0.15, 0.2) is 17.2 Å². The predicted octanol–water partition coefficient (Wildman–Crippen LogP) is 1.43. The number of phenolic OH excluding ortho intramolecular Hbond substituents is 5. The van der Waals surface area contributed by atoms with Crippen molar-refractivity contribution in [3.05, 3.63) is 71.3 Å². The molecule has 5 atom stereocenters. The number of rotatable bonds is 7. The maximum atomic E-state index is 12.3. The largest absolute Gasteiger partial charge is 0.508 e. The number of ether oxygens (including phenoxy) is 3. The van der Waals surface area contributed by atoms with E-state index in [0.717, 1.165) is 17.7 Å². The van der Waals surface area contributed by atoms with Crippen molar-refractivity contribution in [2.75, 3.05) is 6.61 Å². The molecule has 1 heterocycles. The van der Waals surface area contributed by atoms with Crippen molar-refractivity contribution in [2.24, 2.45) is 0 Å². The van der Waals surface area contributed by atoms with E-state index in [9.17, 15) is 45.6 Å². The quantitative estimate of drug-likeness (QED) is 0.121. The van der Waals surface area contributed by atoms with Crippen LogP contribution in [0.25, 0.3) is 12.2 Å². The summed E-state index contributed by atoms with van der Waals surface area (Å²) in [6.45, 7) is -0.618. The van der Waals surface area contributed by atoms with E-state index < -0.39 is 60.5 Å². The van der Waals surface area contributed by atoms with Gasteiger partial charge in [-0.3, -0.25) is 0 Å². The van der Waals surface area contributed by atoms with Crippen molar-refractivity contribution >= 4 is 18.1 Å². The number of carbonyl (C=O) groups excluding carboxylic acids is 1. The van der Waals surface area contributed by atoms with Gasteiger partial charge in [0.2, 0.25) is 6.29 Å². The second-order valence-corrected chi connectivity index (χ2v) is 8.78. The highest BCUT2D eigenvalue weighted by Gasteiger charge is 2.45. The zero-order chi connectivity index (χ0) is 28.3. The topological polar surface area (TPSA) is 207 Å². The lowest BCUT2D eigenvalue weighted by molar-refractivity contribution is -0.277. The summed E-state index contributed by atoms with van der Waals surface area (Å²) in [7, 11) is 0. The molecule has 0 aromatic heterocycles. The summed E-state index contributed by atoms with van der Waals surface area (Å²) in [6.07, 6.45) is -4.65. The molecule has 12 nitrogen and oxygen atoms in total. The number of benzene rings is 3. The lowest BCUT2D eigenvalue weighted by atomic mass is 9.99. The van der Waals surface area contributed by atoms with E-state index in [1.807, 2.05) is 0 Å². The van der Waals surface area contributed by atoms with Crippen LogP contribution in [0.15, 0.2) is 54.6 Å². The third-order valence-electron chi connectivity index (χ3n) is 5.88. The first kappa shape index (κ1) is 27.5. The van der Waals surface area contributed by atoms with Crippen LogP contribution >= 0.6 is 0 Å². The first-order valence-electron chi connectivity index (χ1n) is 11.6. The van der Waals surface area contributed by atoms with Gasteiger partial charge in [-0.1, -0.05) is 24.3 Å². The van der Waals surface area contributed by atoms with Crippen molar-refractivity contribution in [1.82, 2.24) is 0 Å². The summed E-state index contributed by atoms with van der Waals surface area (Å²) in [6, 6.07) is 12.3. The number of aliphatic hydroxyl groups excluding tert-OH is 3. The molecule has 8 N–H and O–H groups in total. The van der Waals surface area contributed by atoms with E-state index in [1.54, 1.807) is 24.3 Å². The van der Waals surface area contributed by atoms with Gasteiger partial charge in [0.1, 0.15) is 48.3 Å². The average molecular weight is 542 g/mol. The van der Waals surface area contributed by atoms with Crippen molar-refractivity contribution in [3.63, 3.8) is 0 Å². The molecule has 206 valence electrons. The molecule has 3 aromatic rings. The number of hydrogen-bond donors (Lipinski definition) is 8. The Morgan fingerprint density at radius 1 is 0.769 bits per heavy atom. The van der Waals surface area contributed by atoms with Gasteiger partial charge in [-0.25, -0.2) is 4.79 Å². The Bertz CT molecular complexity index is 1330. The lowest BCUT2D eigenvalue weighted by Crippen LogP contribution is -2.60. The summed E-state index contributed by atoms with van der Waals surface area (Å²) in [4.78, 5) is 12.3. The summed E-state index contributed by atoms with van der Waals surface area (Å²) in [5, 5.41) is 79.1. The van der Waals surface area contributed by atoms with E-state index in [2.05, 4.69) is 0 Å². The maximum Gasteiger partial charge on any atom is 0.338 e. The molecule has 0 spiro atoms. The summed E-state index contributed by atoms with van der Waals surface area (Å²) in [5.74, 6) is -3.38. The first-order chi connectivity index (χ1) is 18.5. The monoisotopic (exact) mass is 542 g/mol. The zero-order valence-corrected chi connectivity index (χ0v) is 20.2. The SMILES string of the molecule is O=C(OCC1OC(Oc2cc(O)cc(C=Cc3ccc(O)cc3)c2)C(O)C(O)C1O)c1cc(O)c(O)c(O)c1. The first-order valence-corrected chi connectivity index (χ1v) is 11.6. The molecule has 1 aliphatic rings. The third kappa shape index (κ3) is 6.51. The highest BCUT2D eigenvalue weighted by Crippen LogP contribution is 2.35. The van der Waals surface area contributed by atoms with Gasteiger partial charge in [0, 0.05) is 6.07 Å². The number of aliphatic hydroxyl groups is 3. The predicted molar refractivity (Wildman–Crippen MR) is 134 cm³/mol. The molecule has 4 rings (SSSR count). The molecular weight excluding hydrogens is 516 g/mol. The van der Waals surface area contributed by atoms with E-state index in [1.165, 1.54) is 30.3 Å². The Morgan fingerprint density at radius 2 is 1.41 bits per heavy atom. The van der Waals surface area contributed by atoms with Gasteiger partial charge in [0.05, 0.1) is 5.56 Å². The minimum absolute atomic E-state index is 0.0544. The molecule has 1 fully saturated rings. The van der Waals surface area contributed by atoms with Crippen molar-refractivity contribution in [3.8, 4) is 34.5 Å². The lowest BCUT2D eigenvalue weighted by Gasteiger charge is -2.39. The number of aromatic hydroxyl groups is 5.